The molecule has 1 aliphatic rings. The van der Waals surface area contributed by atoms with Gasteiger partial charge in [0.1, 0.15) is 5.76 Å². The summed E-state index contributed by atoms with van der Waals surface area (Å²) >= 11 is 0. The zero-order valence-electron chi connectivity index (χ0n) is 14.8. The number of aliphatic hydroxyl groups is 1. The largest absolute Gasteiger partial charge is 0.490 e. The predicted molar refractivity (Wildman–Crippen MR) is 96.4 cm³/mol. The lowest BCUT2D eigenvalue weighted by atomic mass is 9.86. The smallest absolute Gasteiger partial charge is 0.176 e. The average molecular weight is 331 g/mol. The molecule has 1 saturated carbocycles. The molecule has 3 atom stereocenters. The summed E-state index contributed by atoms with van der Waals surface area (Å²) in [6.07, 6.45) is 5.23. The maximum Gasteiger partial charge on any atom is 0.176 e. The second-order valence-corrected chi connectivity index (χ2v) is 6.91. The second kappa shape index (κ2) is 8.04. The van der Waals surface area contributed by atoms with Crippen molar-refractivity contribution in [1.82, 2.24) is 5.32 Å². The fraction of sp³-hybridized carbons (Fsp3) is 0.600. The van der Waals surface area contributed by atoms with E-state index in [1.54, 1.807) is 0 Å². The lowest BCUT2D eigenvalue weighted by Crippen LogP contribution is -2.34. The Morgan fingerprint density at radius 2 is 2.17 bits per heavy atom. The van der Waals surface area contributed by atoms with E-state index in [1.807, 2.05) is 12.1 Å². The summed E-state index contributed by atoms with van der Waals surface area (Å²) in [6, 6.07) is 8.22. The lowest BCUT2D eigenvalue weighted by Gasteiger charge is -2.28. The normalized spacial score (nSPS) is 22.6. The van der Waals surface area contributed by atoms with E-state index in [0.717, 1.165) is 54.7 Å². The van der Waals surface area contributed by atoms with E-state index < -0.39 is 0 Å². The molecular formula is C20H29NO3. The van der Waals surface area contributed by atoms with Gasteiger partial charge in [0.25, 0.3) is 0 Å². The highest BCUT2D eigenvalue weighted by Gasteiger charge is 2.24. The maximum atomic E-state index is 10.1. The Morgan fingerprint density at radius 3 is 2.96 bits per heavy atom. The molecule has 4 heteroatoms. The van der Waals surface area contributed by atoms with E-state index in [2.05, 4.69) is 31.3 Å². The number of nitrogens with one attached hydrogen (secondary N) is 1. The molecule has 0 saturated heterocycles. The Labute approximate surface area is 144 Å². The van der Waals surface area contributed by atoms with Crippen molar-refractivity contribution in [3.63, 3.8) is 0 Å². The summed E-state index contributed by atoms with van der Waals surface area (Å²) in [5, 5.41) is 14.7. The van der Waals surface area contributed by atoms with Crippen molar-refractivity contribution < 1.29 is 14.3 Å². The number of hydrogen-bond donors (Lipinski definition) is 2. The summed E-state index contributed by atoms with van der Waals surface area (Å²) in [4.78, 5) is 0. The Kier molecular flexibility index (Phi) is 5.80. The summed E-state index contributed by atoms with van der Waals surface area (Å²) < 4.78 is 11.9. The molecule has 3 unspecified atom stereocenters. The van der Waals surface area contributed by atoms with Gasteiger partial charge in [0, 0.05) is 11.9 Å². The topological polar surface area (TPSA) is 54.6 Å². The highest BCUT2D eigenvalue weighted by Crippen LogP contribution is 2.31. The first kappa shape index (κ1) is 17.3. The van der Waals surface area contributed by atoms with Gasteiger partial charge in [-0.05, 0) is 44.2 Å². The number of furan rings is 1. The molecule has 1 aromatic heterocycles. The van der Waals surface area contributed by atoms with E-state index >= 15 is 0 Å². The molecule has 2 aromatic rings. The summed E-state index contributed by atoms with van der Waals surface area (Å²) in [5.74, 6) is 2.09. The molecule has 4 nitrogen and oxygen atoms in total. The van der Waals surface area contributed by atoms with Crippen molar-refractivity contribution in [2.45, 2.75) is 58.1 Å². The van der Waals surface area contributed by atoms with Gasteiger partial charge in [0.05, 0.1) is 18.8 Å². The van der Waals surface area contributed by atoms with Gasteiger partial charge in [-0.15, -0.1) is 0 Å². The van der Waals surface area contributed by atoms with Crippen LogP contribution in [0.3, 0.4) is 0 Å². The Hall–Kier alpha value is -1.52. The number of hydrogen-bond acceptors (Lipinski definition) is 4. The lowest BCUT2D eigenvalue weighted by molar-refractivity contribution is 0.0680. The van der Waals surface area contributed by atoms with Crippen LogP contribution < -0.4 is 10.1 Å². The summed E-state index contributed by atoms with van der Waals surface area (Å²) in [6.45, 7) is 5.74. The van der Waals surface area contributed by atoms with Crippen LogP contribution in [0.1, 0.15) is 57.8 Å². The zero-order valence-corrected chi connectivity index (χ0v) is 14.8. The first-order valence-electron chi connectivity index (χ1n) is 9.25. The highest BCUT2D eigenvalue weighted by atomic mass is 16.5. The van der Waals surface area contributed by atoms with Crippen molar-refractivity contribution in [2.24, 2.45) is 5.92 Å². The third-order valence-corrected chi connectivity index (χ3v) is 4.97. The van der Waals surface area contributed by atoms with E-state index in [1.165, 1.54) is 6.42 Å². The Bertz CT molecular complexity index is 651. The molecule has 132 valence electrons. The monoisotopic (exact) mass is 331 g/mol. The SMILES string of the molecule is CCCOc1cccc2cc(C(C)NCC3CCCCC3O)oc12. The standard InChI is InChI=1S/C20H29NO3/c1-3-11-23-18-10-6-8-15-12-19(24-20(15)18)14(2)21-13-16-7-4-5-9-17(16)22/h6,8,10,12,14,16-17,21-22H,3-5,7,9,11,13H2,1-2H3. The molecule has 1 aromatic carbocycles. The van der Waals surface area contributed by atoms with Crippen LogP contribution in [-0.4, -0.2) is 24.4 Å². The number of benzene rings is 1. The van der Waals surface area contributed by atoms with Gasteiger partial charge in [-0.1, -0.05) is 31.9 Å². The fourth-order valence-electron chi connectivity index (χ4n) is 3.45. The van der Waals surface area contributed by atoms with Gasteiger partial charge in [-0.2, -0.15) is 0 Å². The first-order chi connectivity index (χ1) is 11.7. The van der Waals surface area contributed by atoms with E-state index in [0.29, 0.717) is 12.5 Å². The minimum Gasteiger partial charge on any atom is -0.490 e. The number of rotatable bonds is 7. The molecule has 1 heterocycles. The zero-order chi connectivity index (χ0) is 16.9. The summed E-state index contributed by atoms with van der Waals surface area (Å²) in [5.41, 5.74) is 0.826. The van der Waals surface area contributed by atoms with Crippen LogP contribution in [0.25, 0.3) is 11.0 Å². The molecule has 2 N–H and O–H groups in total. The van der Waals surface area contributed by atoms with Gasteiger partial charge < -0.3 is 19.6 Å². The van der Waals surface area contributed by atoms with E-state index in [-0.39, 0.29) is 12.1 Å². The minimum atomic E-state index is -0.164. The van der Waals surface area contributed by atoms with Crippen LogP contribution in [0.4, 0.5) is 0 Å². The third kappa shape index (κ3) is 3.93. The molecule has 0 spiro atoms. The quantitative estimate of drug-likeness (QED) is 0.788. The summed E-state index contributed by atoms with van der Waals surface area (Å²) in [7, 11) is 0. The number of aliphatic hydroxyl groups excluding tert-OH is 1. The van der Waals surface area contributed by atoms with Crippen LogP contribution in [0.15, 0.2) is 28.7 Å². The molecule has 1 fully saturated rings. The van der Waals surface area contributed by atoms with Gasteiger partial charge in [0.2, 0.25) is 0 Å². The third-order valence-electron chi connectivity index (χ3n) is 4.97. The highest BCUT2D eigenvalue weighted by molar-refractivity contribution is 5.83. The maximum absolute atomic E-state index is 10.1. The Morgan fingerprint density at radius 1 is 1.33 bits per heavy atom. The molecular weight excluding hydrogens is 302 g/mol. The van der Waals surface area contributed by atoms with Crippen molar-refractivity contribution in [2.75, 3.05) is 13.2 Å². The number of para-hydroxylation sites is 1. The van der Waals surface area contributed by atoms with Crippen LogP contribution in [0.2, 0.25) is 0 Å². The Balaban J connectivity index is 1.67. The van der Waals surface area contributed by atoms with E-state index in [9.17, 15) is 5.11 Å². The molecule has 0 amide bonds. The van der Waals surface area contributed by atoms with Crippen LogP contribution in [-0.2, 0) is 0 Å². The van der Waals surface area contributed by atoms with Crippen molar-refractivity contribution in [3.8, 4) is 5.75 Å². The van der Waals surface area contributed by atoms with Crippen molar-refractivity contribution >= 4 is 11.0 Å². The average Bonchev–Trinajstić information content (AvgIpc) is 3.04. The van der Waals surface area contributed by atoms with Gasteiger partial charge in [0.15, 0.2) is 11.3 Å². The van der Waals surface area contributed by atoms with Gasteiger partial charge >= 0.3 is 0 Å². The van der Waals surface area contributed by atoms with Crippen LogP contribution in [0.5, 0.6) is 5.75 Å². The molecule has 24 heavy (non-hydrogen) atoms. The first-order valence-corrected chi connectivity index (χ1v) is 9.25. The van der Waals surface area contributed by atoms with Crippen molar-refractivity contribution in [3.05, 3.63) is 30.0 Å². The molecule has 0 bridgehead atoms. The minimum absolute atomic E-state index is 0.116. The van der Waals surface area contributed by atoms with Gasteiger partial charge in [-0.25, -0.2) is 0 Å². The second-order valence-electron chi connectivity index (χ2n) is 6.91. The molecule has 3 rings (SSSR count). The molecule has 0 aliphatic heterocycles. The molecule has 0 radical (unpaired) electrons. The van der Waals surface area contributed by atoms with E-state index in [4.69, 9.17) is 9.15 Å². The van der Waals surface area contributed by atoms with Crippen LogP contribution >= 0.6 is 0 Å². The van der Waals surface area contributed by atoms with Gasteiger partial charge in [-0.3, -0.25) is 0 Å². The number of fused-ring (bicyclic) bond motifs is 1. The fourth-order valence-corrected chi connectivity index (χ4v) is 3.45. The number of ether oxygens (including phenoxy) is 1. The van der Waals surface area contributed by atoms with Crippen LogP contribution in [0, 0.1) is 5.92 Å². The predicted octanol–water partition coefficient (Wildman–Crippen LogP) is 4.42. The molecule has 1 aliphatic carbocycles. The van der Waals surface area contributed by atoms with Crippen molar-refractivity contribution in [1.29, 1.82) is 0 Å².